The molecule has 122 valence electrons. The van der Waals surface area contributed by atoms with Crippen LogP contribution in [0.1, 0.15) is 29.9 Å². The molecule has 6 nitrogen and oxygen atoms in total. The third-order valence-electron chi connectivity index (χ3n) is 3.48. The van der Waals surface area contributed by atoms with Crippen molar-refractivity contribution < 1.29 is 14.7 Å². The van der Waals surface area contributed by atoms with Crippen molar-refractivity contribution in [1.29, 1.82) is 0 Å². The highest BCUT2D eigenvalue weighted by Crippen LogP contribution is 2.19. The maximum atomic E-state index is 12.8. The highest BCUT2D eigenvalue weighted by atomic mass is 16.4. The number of aromatic nitrogens is 2. The zero-order valence-electron chi connectivity index (χ0n) is 13.6. The molecule has 6 heteroatoms. The highest BCUT2D eigenvalue weighted by molar-refractivity contribution is 6.08. The lowest BCUT2D eigenvalue weighted by molar-refractivity contribution is -0.135. The molecule has 1 heterocycles. The summed E-state index contributed by atoms with van der Waals surface area (Å²) in [5.74, 6) is -1.01. The van der Waals surface area contributed by atoms with Crippen molar-refractivity contribution in [1.82, 2.24) is 9.78 Å². The number of carboxylic acid groups (broad SMARTS) is 1. The van der Waals surface area contributed by atoms with Crippen LogP contribution in [0.4, 0.5) is 5.69 Å². The van der Waals surface area contributed by atoms with E-state index in [0.717, 1.165) is 5.69 Å². The largest absolute Gasteiger partial charge is 0.480 e. The van der Waals surface area contributed by atoms with Crippen LogP contribution in [0.2, 0.25) is 0 Å². The number of para-hydroxylation sites is 1. The van der Waals surface area contributed by atoms with Gasteiger partial charge in [-0.05, 0) is 25.0 Å². The average molecular weight is 315 g/mol. The second-order valence-electron chi connectivity index (χ2n) is 5.84. The molecule has 0 aliphatic carbocycles. The minimum Gasteiger partial charge on any atom is -0.480 e. The van der Waals surface area contributed by atoms with Gasteiger partial charge in [0.25, 0.3) is 5.91 Å². The lowest BCUT2D eigenvalue weighted by Gasteiger charge is -2.20. The lowest BCUT2D eigenvalue weighted by Crippen LogP contribution is -2.36. The molecule has 0 fully saturated rings. The van der Waals surface area contributed by atoms with Crippen LogP contribution >= 0.6 is 0 Å². The normalized spacial score (nSPS) is 10.8. The molecule has 2 rings (SSSR count). The van der Waals surface area contributed by atoms with Gasteiger partial charge >= 0.3 is 5.97 Å². The Kier molecular flexibility index (Phi) is 5.16. The van der Waals surface area contributed by atoms with Crippen molar-refractivity contribution in [3.63, 3.8) is 0 Å². The summed E-state index contributed by atoms with van der Waals surface area (Å²) in [6, 6.07) is 8.79. The molecule has 1 aromatic carbocycles. The van der Waals surface area contributed by atoms with Crippen molar-refractivity contribution in [2.45, 2.75) is 27.3 Å². The number of amides is 1. The predicted molar refractivity (Wildman–Crippen MR) is 87.6 cm³/mol. The summed E-state index contributed by atoms with van der Waals surface area (Å²) in [5.41, 5.74) is 1.72. The topological polar surface area (TPSA) is 75.4 Å². The predicted octanol–water partition coefficient (Wildman–Crippen LogP) is 2.58. The van der Waals surface area contributed by atoms with Gasteiger partial charge in [0.05, 0.1) is 11.8 Å². The minimum atomic E-state index is -1.06. The summed E-state index contributed by atoms with van der Waals surface area (Å²) in [6.07, 6.45) is 1.51. The molecule has 1 aromatic heterocycles. The van der Waals surface area contributed by atoms with E-state index in [1.54, 1.807) is 28.9 Å². The molecule has 0 saturated carbocycles. The van der Waals surface area contributed by atoms with Gasteiger partial charge in [0.15, 0.2) is 0 Å². The van der Waals surface area contributed by atoms with Crippen molar-refractivity contribution in [3.05, 3.63) is 47.8 Å². The van der Waals surface area contributed by atoms with E-state index in [9.17, 15) is 9.59 Å². The second-order valence-corrected chi connectivity index (χ2v) is 5.84. The Labute approximate surface area is 135 Å². The summed E-state index contributed by atoms with van der Waals surface area (Å²) in [6.45, 7) is 6.29. The molecule has 0 bridgehead atoms. The number of aliphatic carboxylic acids is 1. The lowest BCUT2D eigenvalue weighted by atomic mass is 10.2. The Hall–Kier alpha value is -2.63. The number of carbonyl (C=O) groups excluding carboxylic acids is 1. The van der Waals surface area contributed by atoms with Crippen LogP contribution in [0.25, 0.3) is 0 Å². The maximum absolute atomic E-state index is 12.8. The van der Waals surface area contributed by atoms with Gasteiger partial charge in [-0.15, -0.1) is 0 Å². The van der Waals surface area contributed by atoms with E-state index in [-0.39, 0.29) is 5.91 Å². The fourth-order valence-electron chi connectivity index (χ4n) is 2.36. The highest BCUT2D eigenvalue weighted by Gasteiger charge is 2.24. The van der Waals surface area contributed by atoms with Crippen LogP contribution in [0.5, 0.6) is 0 Å². The van der Waals surface area contributed by atoms with Crippen molar-refractivity contribution >= 4 is 17.6 Å². The molecule has 0 radical (unpaired) electrons. The van der Waals surface area contributed by atoms with E-state index in [4.69, 9.17) is 5.11 Å². The zero-order valence-corrected chi connectivity index (χ0v) is 13.6. The van der Waals surface area contributed by atoms with E-state index < -0.39 is 12.5 Å². The maximum Gasteiger partial charge on any atom is 0.323 e. The quantitative estimate of drug-likeness (QED) is 0.889. The Bertz CT molecular complexity index is 692. The van der Waals surface area contributed by atoms with Gasteiger partial charge in [0.2, 0.25) is 0 Å². The number of hydrogen-bond donors (Lipinski definition) is 1. The number of hydrogen-bond acceptors (Lipinski definition) is 3. The SMILES string of the molecule is Cc1c(C(=O)N(CC(=O)O)c2ccccc2)cnn1CC(C)C. The molecule has 0 atom stereocenters. The van der Waals surface area contributed by atoms with E-state index in [1.807, 2.05) is 13.0 Å². The molecule has 1 amide bonds. The number of anilines is 1. The van der Waals surface area contributed by atoms with Crippen molar-refractivity contribution in [2.75, 3.05) is 11.4 Å². The molecule has 1 N–H and O–H groups in total. The molecular weight excluding hydrogens is 294 g/mol. The Balaban J connectivity index is 2.34. The zero-order chi connectivity index (χ0) is 17.0. The van der Waals surface area contributed by atoms with Crippen LogP contribution in [-0.4, -0.2) is 33.3 Å². The molecule has 0 aliphatic heterocycles. The minimum absolute atomic E-state index is 0.355. The van der Waals surface area contributed by atoms with Crippen molar-refractivity contribution in [2.24, 2.45) is 5.92 Å². The monoisotopic (exact) mass is 315 g/mol. The van der Waals surface area contributed by atoms with Crippen LogP contribution in [-0.2, 0) is 11.3 Å². The van der Waals surface area contributed by atoms with E-state index in [2.05, 4.69) is 18.9 Å². The van der Waals surface area contributed by atoms with Gasteiger partial charge in [0, 0.05) is 17.9 Å². The third kappa shape index (κ3) is 3.97. The number of carbonyl (C=O) groups is 2. The summed E-state index contributed by atoms with van der Waals surface area (Å²) >= 11 is 0. The molecule has 0 spiro atoms. The first-order valence-corrected chi connectivity index (χ1v) is 7.51. The first kappa shape index (κ1) is 16.7. The summed E-state index contributed by atoms with van der Waals surface area (Å²) in [5, 5.41) is 13.4. The molecule has 0 saturated heterocycles. The second kappa shape index (κ2) is 7.09. The van der Waals surface area contributed by atoms with Crippen LogP contribution in [0.15, 0.2) is 36.5 Å². The number of nitrogens with zero attached hydrogens (tertiary/aromatic N) is 3. The first-order chi connectivity index (χ1) is 10.9. The van der Waals surface area contributed by atoms with Crippen LogP contribution < -0.4 is 4.90 Å². The first-order valence-electron chi connectivity index (χ1n) is 7.51. The van der Waals surface area contributed by atoms with Crippen LogP contribution in [0, 0.1) is 12.8 Å². The van der Waals surface area contributed by atoms with Gasteiger partial charge in [0.1, 0.15) is 6.54 Å². The summed E-state index contributed by atoms with van der Waals surface area (Å²) < 4.78 is 1.78. The smallest absolute Gasteiger partial charge is 0.323 e. The van der Waals surface area contributed by atoms with E-state index in [1.165, 1.54) is 11.1 Å². The van der Waals surface area contributed by atoms with Crippen LogP contribution in [0.3, 0.4) is 0 Å². The van der Waals surface area contributed by atoms with Gasteiger partial charge in [-0.2, -0.15) is 5.10 Å². The Morgan fingerprint density at radius 2 is 1.91 bits per heavy atom. The molecule has 0 aliphatic rings. The molecule has 2 aromatic rings. The fraction of sp³-hybridized carbons (Fsp3) is 0.353. The van der Waals surface area contributed by atoms with Gasteiger partial charge < -0.3 is 5.11 Å². The molecule has 0 unspecified atom stereocenters. The van der Waals surface area contributed by atoms with Gasteiger partial charge in [-0.25, -0.2) is 0 Å². The van der Waals surface area contributed by atoms with E-state index >= 15 is 0 Å². The Morgan fingerprint density at radius 1 is 1.26 bits per heavy atom. The average Bonchev–Trinajstić information content (AvgIpc) is 2.85. The number of benzene rings is 1. The summed E-state index contributed by atoms with van der Waals surface area (Å²) in [4.78, 5) is 25.2. The molecule has 23 heavy (non-hydrogen) atoms. The van der Waals surface area contributed by atoms with Crippen molar-refractivity contribution in [3.8, 4) is 0 Å². The molecular formula is C17H21N3O3. The fourth-order valence-corrected chi connectivity index (χ4v) is 2.36. The summed E-state index contributed by atoms with van der Waals surface area (Å²) in [7, 11) is 0. The standard InChI is InChI=1S/C17H21N3O3/c1-12(2)10-20-13(3)15(9-18-20)17(23)19(11-16(21)22)14-7-5-4-6-8-14/h4-9,12H,10-11H2,1-3H3,(H,21,22). The van der Waals surface area contributed by atoms with Gasteiger partial charge in [-0.3, -0.25) is 19.2 Å². The third-order valence-corrected chi connectivity index (χ3v) is 3.48. The number of rotatable bonds is 6. The number of carboxylic acids is 1. The van der Waals surface area contributed by atoms with E-state index in [0.29, 0.717) is 23.7 Å². The van der Waals surface area contributed by atoms with Gasteiger partial charge in [-0.1, -0.05) is 32.0 Å². The Morgan fingerprint density at radius 3 is 2.48 bits per heavy atom.